The molecule has 0 aromatic heterocycles. The minimum Gasteiger partial charge on any atom is -0.481 e. The van der Waals surface area contributed by atoms with Crippen LogP contribution in [0.4, 0.5) is 0 Å². The zero-order valence-electron chi connectivity index (χ0n) is 78.8. The summed E-state index contributed by atoms with van der Waals surface area (Å²) in [5.41, 5.74) is 5.73. The van der Waals surface area contributed by atoms with Crippen molar-refractivity contribution in [1.82, 2.24) is 106 Å². The maximum Gasteiger partial charge on any atom is 7.00 e. The van der Waals surface area contributed by atoms with Crippen molar-refractivity contribution in [2.75, 3.05) is 72.5 Å². The van der Waals surface area contributed by atoms with E-state index in [1.54, 1.807) is 21.0 Å². The number of unbranched alkanes of at least 4 members (excludes halogenated alkanes) is 4. The first-order valence-corrected chi connectivity index (χ1v) is 44.7. The molecule has 0 saturated heterocycles. The minimum absolute atomic E-state index is 0. The average Bonchev–Trinajstić information content (AvgIpc) is 0.832. The number of hydrogen-bond donors (Lipinski definition) is 32. The quantitative estimate of drug-likeness (QED) is 0.0199. The second-order valence-corrected chi connectivity index (χ2v) is 33.3. The predicted molar refractivity (Wildman–Crippen MR) is 480 cm³/mol. The second-order valence-electron chi connectivity index (χ2n) is 33.0. The van der Waals surface area contributed by atoms with Gasteiger partial charge in [0.15, 0.2) is 0 Å². The molecule has 0 aromatic carbocycles. The first-order valence-electron chi connectivity index (χ1n) is 44.1. The van der Waals surface area contributed by atoms with E-state index in [1.807, 2.05) is 21.3 Å². The number of likely N-dealkylation sites (N-methyl/N-ethyl adjacent to an activating group) is 1. The molecule has 0 aliphatic heterocycles. The van der Waals surface area contributed by atoms with Crippen LogP contribution in [-0.2, 0) is 130 Å². The number of carboxylic acid groups (broad SMARTS) is 4. The van der Waals surface area contributed by atoms with Gasteiger partial charge >= 0.3 is 44.0 Å². The molecule has 21 atom stereocenters. The number of carbonyl (C=O) groups is 23. The molecule has 55 nitrogen and oxygen atoms in total. The smallest absolute Gasteiger partial charge is 0.481 e. The number of aliphatic hydroxyl groups excluding tert-OH is 7. The summed E-state index contributed by atoms with van der Waals surface area (Å²) in [6.45, 7) is 7.39. The van der Waals surface area contributed by atoms with Gasteiger partial charge in [0.25, 0.3) is 0 Å². The van der Waals surface area contributed by atoms with Gasteiger partial charge in [-0.2, -0.15) is 12.6 Å². The second kappa shape index (κ2) is 67.7. The van der Waals surface area contributed by atoms with Gasteiger partial charge in [0.1, 0.15) is 103 Å². The Morgan fingerprint density at radius 2 is 0.623 bits per heavy atom. The van der Waals surface area contributed by atoms with Gasteiger partial charge in [-0.05, 0) is 125 Å². The molecule has 0 radical (unpaired) electrons. The number of amides is 19. The van der Waals surface area contributed by atoms with Crippen molar-refractivity contribution in [3.63, 3.8) is 0 Å². The third kappa shape index (κ3) is 49.6. The van der Waals surface area contributed by atoms with Crippen LogP contribution in [0.2, 0.25) is 0 Å². The van der Waals surface area contributed by atoms with Crippen LogP contribution in [-0.4, -0.2) is 391 Å². The zero-order valence-corrected chi connectivity index (χ0v) is 81.6. The Labute approximate surface area is 814 Å². The third-order valence-electron chi connectivity index (χ3n) is 20.5. The molecule has 0 bridgehead atoms. The molecule has 57 heteroatoms. The van der Waals surface area contributed by atoms with Crippen LogP contribution in [0, 0.1) is 11.8 Å². The normalized spacial score (nSPS) is 15.6. The van der Waals surface area contributed by atoms with Crippen molar-refractivity contribution in [3.05, 3.63) is 0 Å². The molecule has 0 aliphatic rings. The molecule has 0 rings (SSSR count). The summed E-state index contributed by atoms with van der Waals surface area (Å²) >= 11 is 4.18. The van der Waals surface area contributed by atoms with E-state index >= 15 is 0 Å². The fourth-order valence-electron chi connectivity index (χ4n) is 12.5. The molecule has 0 heterocycles. The van der Waals surface area contributed by atoms with Crippen LogP contribution in [0.5, 0.6) is 0 Å². The minimum atomic E-state index is -2.20. The zero-order chi connectivity index (χ0) is 105. The van der Waals surface area contributed by atoms with Gasteiger partial charge in [0.05, 0.1) is 64.1 Å². The first kappa shape index (κ1) is 128. The van der Waals surface area contributed by atoms with Crippen LogP contribution in [0.15, 0.2) is 0 Å². The molecular formula is C81H139N21O34STc+7. The van der Waals surface area contributed by atoms with Crippen molar-refractivity contribution in [2.45, 2.75) is 287 Å². The summed E-state index contributed by atoms with van der Waals surface area (Å²) in [7, 11) is 3.18. The van der Waals surface area contributed by atoms with Crippen molar-refractivity contribution < 1.29 is 187 Å². The van der Waals surface area contributed by atoms with E-state index in [2.05, 4.69) is 92.4 Å². The summed E-state index contributed by atoms with van der Waals surface area (Å²) in [5, 5.41) is 154. The molecule has 0 aromatic rings. The fraction of sp³-hybridized carbons (Fsp3) is 0.716. The average molecular weight is 2080 g/mol. The molecular weight excluding hydrogens is 1940 g/mol. The maximum absolute atomic E-state index is 14.3. The third-order valence-corrected chi connectivity index (χ3v) is 20.8. The van der Waals surface area contributed by atoms with Gasteiger partial charge in [-0.1, -0.05) is 40.5 Å². The van der Waals surface area contributed by atoms with Gasteiger partial charge in [-0.25, -0.2) is 0 Å². The van der Waals surface area contributed by atoms with E-state index < -0.39 is 321 Å². The number of nitrogens with zero attached hydrogens (tertiary/aromatic N) is 1. The molecule has 0 aliphatic carbocycles. The Morgan fingerprint density at radius 3 is 1.02 bits per heavy atom. The summed E-state index contributed by atoms with van der Waals surface area (Å²) in [5.74, 6) is -29.6. The van der Waals surface area contributed by atoms with E-state index in [-0.39, 0.29) is 97.0 Å². The standard InChI is InChI=1S/C81H139N21O34S.Tc/c1-13-38(4)61(78(133)100-64(43(9)109)81(136)101-63(42(8)108)79(134)91-46(21-16-18-26-82)68(123)84-28-20-17-22-45(67(122)83-27-19-14-15-23-56(112)113)89-76(131)54(36-137)96-73(128)51(33-104)88-55(111)31-102(11)12)98-69(124)47(24-25-57(114)115)90-74(129)52(34-105)94-75(130)53(35-106)95-80(135)62(41(7)107)99-71(126)49(30-59(118)119)93-77(132)60(37(2)3)97-66(121)40(6)85-65(120)39(5)86-70(125)48(29-58(116)117)92-72(127)50(32-103)87-44(10)110;/h37-43,45-54,60-64,103-109,137H,13-36,82H2,1-12H3,(H,83,122)(H,84,123)(H,85,120)(H,86,125)(H,87,110)(H,88,111)(H,89,131)(H,90,129)(H,91,134)(H,92,127)(H,93,132)(H,94,130)(H,95,135)(H,96,128)(H,97,121)(H,98,124)(H,99,126)(H,100,133)(H,101,136)(H,112,113)(H,114,115)(H,116,117)(H,118,119);/q;+7/t38-,39-,40-,41+,42+,43+,45?,46-,47-,48-,49-,50-,51?,52-,53-,54?,60-,61-,62-,63-,64-;/m0./s1/i;1+1. The topological polar surface area (TPSA) is 873 Å². The number of nitrogens with one attached hydrogen (secondary N) is 19. The summed E-state index contributed by atoms with van der Waals surface area (Å²) in [6, 6.07) is -30.2. The van der Waals surface area contributed by atoms with Crippen molar-refractivity contribution in [3.8, 4) is 0 Å². The molecule has 32 N–H and O–H groups in total. The van der Waals surface area contributed by atoms with Crippen LogP contribution in [0.3, 0.4) is 0 Å². The summed E-state index contributed by atoms with van der Waals surface area (Å²) in [4.78, 5) is 305. The monoisotopic (exact) mass is 2080 g/mol. The van der Waals surface area contributed by atoms with Crippen molar-refractivity contribution in [1.29, 1.82) is 0 Å². The Morgan fingerprint density at radius 1 is 0.319 bits per heavy atom. The molecule has 19 amide bonds. The van der Waals surface area contributed by atoms with E-state index in [4.69, 9.17) is 10.8 Å². The largest absolute Gasteiger partial charge is 7.00 e. The number of hydrogen-bond acceptors (Lipinski definition) is 33. The molecule has 0 saturated carbocycles. The van der Waals surface area contributed by atoms with Crippen LogP contribution in [0.1, 0.15) is 166 Å². The van der Waals surface area contributed by atoms with Gasteiger partial charge in [-0.15, -0.1) is 0 Å². The number of carbonyl (C=O) groups excluding carboxylic acids is 19. The number of nitrogens with two attached hydrogens (primary N) is 1. The molecule has 778 valence electrons. The van der Waals surface area contributed by atoms with E-state index in [0.717, 1.165) is 41.5 Å². The van der Waals surface area contributed by atoms with Gasteiger partial charge in [0, 0.05) is 38.6 Å². The fourth-order valence-corrected chi connectivity index (χ4v) is 12.7. The molecule has 138 heavy (non-hydrogen) atoms. The van der Waals surface area contributed by atoms with Crippen LogP contribution < -0.4 is 107 Å². The summed E-state index contributed by atoms with van der Waals surface area (Å²) < 4.78 is 0. The molecule has 0 fully saturated rings. The van der Waals surface area contributed by atoms with Gasteiger partial charge < -0.3 is 168 Å². The molecule has 3 unspecified atom stereocenters. The number of carboxylic acids is 4. The maximum atomic E-state index is 14.3. The van der Waals surface area contributed by atoms with Gasteiger partial charge in [-0.3, -0.25) is 110 Å². The number of rotatable bonds is 69. The summed E-state index contributed by atoms with van der Waals surface area (Å²) in [6.07, 6.45) is -7.81. The number of thiol groups is 1. The Balaban J connectivity index is 0. The van der Waals surface area contributed by atoms with Crippen molar-refractivity contribution >= 4 is 149 Å². The Hall–Kier alpha value is -11.6. The number of aliphatic carboxylic acids is 4. The SMILES string of the molecule is CC[C@H](C)[C@H](NC(=O)[C@H](CCC(=O)O)NC(=O)[C@H](CO)NC(=O)[C@H](CO)NC(=O)[C@@H](NC(=O)[C@H](CC(=O)O)NC(=O)[C@@H](NC(=O)[C@H](C)NC(=O)[C@H](C)NC(=O)[C@H](CC(=O)O)NC(=O)[C@H](CO)NC(C)=O)C(C)C)[C@@H](C)O)C(=O)N[C@H](C(=O)N[C@H](C(=O)N[C@@H](CCCCN)C(=O)NCCCCC(NC(=O)C(CS)NC(=O)C(CO)NC(=O)CN(C)C)C(=O)NCCCCCC(=O)O)[C@@H](C)O)[C@@H](C)O.[99Tc+7]. The van der Waals surface area contributed by atoms with Crippen LogP contribution in [0.25, 0.3) is 0 Å². The van der Waals surface area contributed by atoms with E-state index in [9.17, 15) is 161 Å². The Kier molecular flexibility index (Phi) is 63.0. The molecule has 0 spiro atoms. The van der Waals surface area contributed by atoms with E-state index in [0.29, 0.717) is 25.7 Å². The van der Waals surface area contributed by atoms with E-state index in [1.165, 1.54) is 25.7 Å². The number of aliphatic hydroxyl groups is 7. The van der Waals surface area contributed by atoms with Gasteiger partial charge in [0.2, 0.25) is 112 Å². The first-order chi connectivity index (χ1) is 64.1. The van der Waals surface area contributed by atoms with Crippen LogP contribution >= 0.6 is 12.6 Å². The predicted octanol–water partition coefficient (Wildman–Crippen LogP) is -13.4. The van der Waals surface area contributed by atoms with Crippen molar-refractivity contribution in [2.24, 2.45) is 17.6 Å². The Bertz CT molecular complexity index is 4080.